The molecule has 3 nitrogen and oxygen atoms in total. The summed E-state index contributed by atoms with van der Waals surface area (Å²) in [5.41, 5.74) is 0. The number of piperazine rings is 1. The molecule has 6 heteroatoms. The fourth-order valence-electron chi connectivity index (χ4n) is 3.02. The first-order valence-electron chi connectivity index (χ1n) is 6.67. The van der Waals surface area contributed by atoms with E-state index in [0.29, 0.717) is 26.2 Å². The first-order valence-corrected chi connectivity index (χ1v) is 6.67. The topological polar surface area (TPSA) is 26.7 Å². The molecular weight excluding hydrogens is 245 g/mol. The van der Waals surface area contributed by atoms with Gasteiger partial charge in [-0.1, -0.05) is 12.8 Å². The Labute approximate surface area is 106 Å². The summed E-state index contributed by atoms with van der Waals surface area (Å²) in [7, 11) is 0. The van der Waals surface area contributed by atoms with Crippen LogP contribution in [0.1, 0.15) is 25.7 Å². The van der Waals surface area contributed by atoms with Gasteiger partial charge >= 0.3 is 6.18 Å². The van der Waals surface area contributed by atoms with E-state index in [1.807, 2.05) is 0 Å². The van der Waals surface area contributed by atoms with E-state index in [4.69, 9.17) is 0 Å². The number of aliphatic hydroxyl groups is 1. The summed E-state index contributed by atoms with van der Waals surface area (Å²) in [5.74, 6) is 0. The number of nitrogens with zero attached hydrogens (tertiary/aromatic N) is 2. The Morgan fingerprint density at radius 2 is 1.61 bits per heavy atom. The molecule has 0 unspecified atom stereocenters. The molecule has 0 aromatic rings. The first-order chi connectivity index (χ1) is 8.46. The Bertz CT molecular complexity index is 265. The lowest BCUT2D eigenvalue weighted by Gasteiger charge is -2.42. The molecule has 2 aliphatic rings. The molecule has 18 heavy (non-hydrogen) atoms. The second-order valence-corrected chi connectivity index (χ2v) is 5.35. The van der Waals surface area contributed by atoms with Gasteiger partial charge in [0.1, 0.15) is 0 Å². The molecule has 1 N–H and O–H groups in total. The van der Waals surface area contributed by atoms with Gasteiger partial charge in [0.15, 0.2) is 0 Å². The summed E-state index contributed by atoms with van der Waals surface area (Å²) >= 11 is 0. The second kappa shape index (κ2) is 5.75. The average Bonchev–Trinajstić information content (AvgIpc) is 2.29. The van der Waals surface area contributed by atoms with Crippen LogP contribution in [0.15, 0.2) is 0 Å². The molecule has 1 aliphatic carbocycles. The van der Waals surface area contributed by atoms with Gasteiger partial charge in [-0.05, 0) is 12.8 Å². The summed E-state index contributed by atoms with van der Waals surface area (Å²) in [6.07, 6.45) is -0.427. The molecule has 1 aliphatic heterocycles. The van der Waals surface area contributed by atoms with E-state index >= 15 is 0 Å². The van der Waals surface area contributed by atoms with Crippen LogP contribution in [-0.2, 0) is 0 Å². The minimum Gasteiger partial charge on any atom is -0.391 e. The van der Waals surface area contributed by atoms with Gasteiger partial charge in [-0.25, -0.2) is 0 Å². The van der Waals surface area contributed by atoms with Gasteiger partial charge in [0.25, 0.3) is 0 Å². The van der Waals surface area contributed by atoms with Gasteiger partial charge in [0, 0.05) is 32.2 Å². The number of rotatable bonds is 2. The van der Waals surface area contributed by atoms with E-state index in [2.05, 4.69) is 4.90 Å². The van der Waals surface area contributed by atoms with E-state index in [1.54, 1.807) is 0 Å². The molecule has 0 aromatic heterocycles. The number of alkyl halides is 3. The van der Waals surface area contributed by atoms with Crippen LogP contribution in [-0.4, -0.2) is 66.0 Å². The standard InChI is InChI=1S/C12H21F3N2O/c13-12(14,15)9-16-5-7-17(8-6-16)10-3-1-2-4-11(10)18/h10-11,18H,1-9H2/t10-,11-/m1/s1. The van der Waals surface area contributed by atoms with E-state index in [0.717, 1.165) is 25.7 Å². The van der Waals surface area contributed by atoms with Crippen LogP contribution < -0.4 is 0 Å². The highest BCUT2D eigenvalue weighted by Gasteiger charge is 2.35. The van der Waals surface area contributed by atoms with Crippen molar-refractivity contribution in [3.05, 3.63) is 0 Å². The zero-order chi connectivity index (χ0) is 13.2. The molecule has 2 fully saturated rings. The number of hydrogen-bond acceptors (Lipinski definition) is 3. The fourth-order valence-corrected chi connectivity index (χ4v) is 3.02. The molecule has 0 aromatic carbocycles. The zero-order valence-corrected chi connectivity index (χ0v) is 10.5. The molecule has 0 radical (unpaired) electrons. The van der Waals surface area contributed by atoms with E-state index < -0.39 is 12.7 Å². The molecular formula is C12H21F3N2O. The summed E-state index contributed by atoms with van der Waals surface area (Å²) < 4.78 is 36.8. The van der Waals surface area contributed by atoms with E-state index in [9.17, 15) is 18.3 Å². The summed E-state index contributed by atoms with van der Waals surface area (Å²) in [5, 5.41) is 9.94. The summed E-state index contributed by atoms with van der Waals surface area (Å²) in [6.45, 7) is 1.36. The van der Waals surface area contributed by atoms with Crippen molar-refractivity contribution in [3.8, 4) is 0 Å². The Kier molecular flexibility index (Phi) is 4.50. The van der Waals surface area contributed by atoms with E-state index in [1.165, 1.54) is 4.90 Å². The quantitative estimate of drug-likeness (QED) is 0.820. The van der Waals surface area contributed by atoms with Crippen molar-refractivity contribution in [3.63, 3.8) is 0 Å². The predicted octanol–water partition coefficient (Wildman–Crippen LogP) is 1.47. The van der Waals surface area contributed by atoms with Crippen molar-refractivity contribution < 1.29 is 18.3 Å². The lowest BCUT2D eigenvalue weighted by Crippen LogP contribution is -2.55. The van der Waals surface area contributed by atoms with Crippen LogP contribution in [0.3, 0.4) is 0 Å². The van der Waals surface area contributed by atoms with Crippen LogP contribution >= 0.6 is 0 Å². The number of aliphatic hydroxyl groups excluding tert-OH is 1. The van der Waals surface area contributed by atoms with Crippen molar-refractivity contribution in [1.29, 1.82) is 0 Å². The summed E-state index contributed by atoms with van der Waals surface area (Å²) in [4.78, 5) is 3.61. The molecule has 2 atom stereocenters. The van der Waals surface area contributed by atoms with Gasteiger partial charge in [0.05, 0.1) is 12.6 Å². The molecule has 2 rings (SSSR count). The van der Waals surface area contributed by atoms with Gasteiger partial charge in [0.2, 0.25) is 0 Å². The molecule has 106 valence electrons. The van der Waals surface area contributed by atoms with Crippen LogP contribution in [0.25, 0.3) is 0 Å². The largest absolute Gasteiger partial charge is 0.401 e. The minimum atomic E-state index is -4.10. The Morgan fingerprint density at radius 1 is 1.00 bits per heavy atom. The van der Waals surface area contributed by atoms with Gasteiger partial charge in [-0.3, -0.25) is 9.80 Å². The van der Waals surface area contributed by atoms with Crippen LogP contribution in [0.2, 0.25) is 0 Å². The van der Waals surface area contributed by atoms with Gasteiger partial charge < -0.3 is 5.11 Å². The molecule has 0 bridgehead atoms. The van der Waals surface area contributed by atoms with Gasteiger partial charge in [-0.15, -0.1) is 0 Å². The lowest BCUT2D eigenvalue weighted by molar-refractivity contribution is -0.150. The van der Waals surface area contributed by atoms with Crippen molar-refractivity contribution in [2.24, 2.45) is 0 Å². The third-order valence-electron chi connectivity index (χ3n) is 3.97. The van der Waals surface area contributed by atoms with Crippen LogP contribution in [0, 0.1) is 0 Å². The third kappa shape index (κ3) is 3.83. The normalized spacial score (nSPS) is 32.7. The Morgan fingerprint density at radius 3 is 2.17 bits per heavy atom. The minimum absolute atomic E-state index is 0.159. The highest BCUT2D eigenvalue weighted by molar-refractivity contribution is 4.86. The summed E-state index contributed by atoms with van der Waals surface area (Å²) in [6, 6.07) is 0.159. The molecule has 1 saturated carbocycles. The SMILES string of the molecule is O[C@@H]1CCCC[C@H]1N1CCN(CC(F)(F)F)CC1. The number of halogens is 3. The average molecular weight is 266 g/mol. The highest BCUT2D eigenvalue weighted by atomic mass is 19.4. The molecule has 0 amide bonds. The smallest absolute Gasteiger partial charge is 0.391 e. The maximum absolute atomic E-state index is 12.3. The Balaban J connectivity index is 1.79. The zero-order valence-electron chi connectivity index (χ0n) is 10.5. The van der Waals surface area contributed by atoms with Crippen molar-refractivity contribution in [2.75, 3.05) is 32.7 Å². The molecule has 0 spiro atoms. The molecule has 1 saturated heterocycles. The van der Waals surface area contributed by atoms with Crippen molar-refractivity contribution >= 4 is 0 Å². The monoisotopic (exact) mass is 266 g/mol. The van der Waals surface area contributed by atoms with Crippen LogP contribution in [0.5, 0.6) is 0 Å². The first kappa shape index (κ1) is 14.1. The fraction of sp³-hybridized carbons (Fsp3) is 1.00. The van der Waals surface area contributed by atoms with Crippen molar-refractivity contribution in [1.82, 2.24) is 9.80 Å². The van der Waals surface area contributed by atoms with E-state index in [-0.39, 0.29) is 12.1 Å². The number of hydrogen-bond donors (Lipinski definition) is 1. The Hall–Kier alpha value is -0.330. The maximum atomic E-state index is 12.3. The molecule has 1 heterocycles. The lowest BCUT2D eigenvalue weighted by atomic mass is 9.91. The van der Waals surface area contributed by atoms with Gasteiger partial charge in [-0.2, -0.15) is 13.2 Å². The predicted molar refractivity (Wildman–Crippen MR) is 62.3 cm³/mol. The third-order valence-corrected chi connectivity index (χ3v) is 3.97. The van der Waals surface area contributed by atoms with Crippen molar-refractivity contribution in [2.45, 2.75) is 44.0 Å². The maximum Gasteiger partial charge on any atom is 0.401 e. The second-order valence-electron chi connectivity index (χ2n) is 5.35. The van der Waals surface area contributed by atoms with Crippen LogP contribution in [0.4, 0.5) is 13.2 Å². The highest BCUT2D eigenvalue weighted by Crippen LogP contribution is 2.25.